The van der Waals surface area contributed by atoms with Crippen LogP contribution in [0.3, 0.4) is 0 Å². The van der Waals surface area contributed by atoms with E-state index in [1.54, 1.807) is 19.2 Å². The maximum atomic E-state index is 12.4. The molecule has 0 fully saturated rings. The lowest BCUT2D eigenvalue weighted by molar-refractivity contribution is 0.0781. The van der Waals surface area contributed by atoms with Gasteiger partial charge in [-0.3, -0.25) is 4.79 Å². The van der Waals surface area contributed by atoms with Gasteiger partial charge >= 0.3 is 0 Å². The van der Waals surface area contributed by atoms with Crippen LogP contribution in [0.15, 0.2) is 42.5 Å². The van der Waals surface area contributed by atoms with Gasteiger partial charge in [-0.15, -0.1) is 0 Å². The minimum Gasteiger partial charge on any atom is -0.507 e. The molecule has 0 aliphatic heterocycles. The number of hydrogen-bond donors (Lipinski definition) is 1. The van der Waals surface area contributed by atoms with Crippen LogP contribution >= 0.6 is 11.6 Å². The quantitative estimate of drug-likeness (QED) is 0.942. The van der Waals surface area contributed by atoms with Crippen molar-refractivity contribution in [2.45, 2.75) is 6.54 Å². The zero-order valence-electron chi connectivity index (χ0n) is 11.8. The second-order valence-corrected chi connectivity index (χ2v) is 5.04. The summed E-state index contributed by atoms with van der Waals surface area (Å²) in [5.74, 6) is 0.139. The Balaban J connectivity index is 2.22. The average molecular weight is 306 g/mol. The van der Waals surface area contributed by atoms with Gasteiger partial charge in [0.2, 0.25) is 0 Å². The molecule has 0 spiro atoms. The van der Waals surface area contributed by atoms with Crippen molar-refractivity contribution in [1.82, 2.24) is 4.90 Å². The Bertz CT molecular complexity index is 658. The van der Waals surface area contributed by atoms with E-state index in [4.69, 9.17) is 16.3 Å². The van der Waals surface area contributed by atoms with Crippen molar-refractivity contribution in [3.8, 4) is 11.5 Å². The maximum absolute atomic E-state index is 12.4. The Morgan fingerprint density at radius 3 is 2.67 bits per heavy atom. The van der Waals surface area contributed by atoms with Gasteiger partial charge in [0, 0.05) is 18.6 Å². The number of phenolic OH excluding ortho intramolecular Hbond substituents is 1. The lowest BCUT2D eigenvalue weighted by atomic mass is 10.1. The molecule has 21 heavy (non-hydrogen) atoms. The molecular formula is C16H16ClNO3. The van der Waals surface area contributed by atoms with E-state index in [9.17, 15) is 9.90 Å². The van der Waals surface area contributed by atoms with Crippen molar-refractivity contribution in [3.05, 3.63) is 58.6 Å². The van der Waals surface area contributed by atoms with Crippen molar-refractivity contribution in [1.29, 1.82) is 0 Å². The summed E-state index contributed by atoms with van der Waals surface area (Å²) in [6, 6.07) is 11.9. The van der Waals surface area contributed by atoms with Gasteiger partial charge in [0.25, 0.3) is 5.91 Å². The smallest absolute Gasteiger partial charge is 0.257 e. The number of amides is 1. The van der Waals surface area contributed by atoms with Gasteiger partial charge in [0.15, 0.2) is 0 Å². The number of ether oxygens (including phenoxy) is 1. The van der Waals surface area contributed by atoms with Crippen molar-refractivity contribution in [2.24, 2.45) is 0 Å². The number of phenols is 1. The Kier molecular flexibility index (Phi) is 4.70. The number of carbonyl (C=O) groups is 1. The van der Waals surface area contributed by atoms with Crippen molar-refractivity contribution < 1.29 is 14.6 Å². The van der Waals surface area contributed by atoms with Gasteiger partial charge in [0.05, 0.1) is 12.7 Å². The van der Waals surface area contributed by atoms with Gasteiger partial charge in [-0.05, 0) is 29.8 Å². The van der Waals surface area contributed by atoms with E-state index >= 15 is 0 Å². The molecule has 0 radical (unpaired) electrons. The van der Waals surface area contributed by atoms with Crippen LogP contribution in [0.5, 0.6) is 11.5 Å². The Labute approximate surface area is 128 Å². The molecule has 4 nitrogen and oxygen atoms in total. The van der Waals surface area contributed by atoms with Gasteiger partial charge in [-0.25, -0.2) is 0 Å². The highest BCUT2D eigenvalue weighted by Crippen LogP contribution is 2.25. The number of rotatable bonds is 4. The molecule has 0 saturated heterocycles. The van der Waals surface area contributed by atoms with E-state index in [2.05, 4.69) is 0 Å². The van der Waals surface area contributed by atoms with Gasteiger partial charge in [-0.2, -0.15) is 0 Å². The largest absolute Gasteiger partial charge is 0.507 e. The van der Waals surface area contributed by atoms with Crippen LogP contribution in [0.25, 0.3) is 0 Å². The van der Waals surface area contributed by atoms with Crippen molar-refractivity contribution in [2.75, 3.05) is 14.2 Å². The predicted molar refractivity (Wildman–Crippen MR) is 81.9 cm³/mol. The first-order valence-corrected chi connectivity index (χ1v) is 6.76. The highest BCUT2D eigenvalue weighted by molar-refractivity contribution is 6.31. The molecule has 0 bridgehead atoms. The molecule has 0 heterocycles. The molecule has 0 atom stereocenters. The lowest BCUT2D eigenvalue weighted by Crippen LogP contribution is -2.26. The van der Waals surface area contributed by atoms with Gasteiger partial charge in [-0.1, -0.05) is 29.8 Å². The molecule has 2 aromatic carbocycles. The monoisotopic (exact) mass is 305 g/mol. The summed E-state index contributed by atoms with van der Waals surface area (Å²) < 4.78 is 5.07. The molecule has 0 aliphatic rings. The van der Waals surface area contributed by atoms with Crippen LogP contribution in [0.2, 0.25) is 5.02 Å². The topological polar surface area (TPSA) is 49.8 Å². The van der Waals surface area contributed by atoms with Crippen LogP contribution in [0.1, 0.15) is 15.9 Å². The minimum absolute atomic E-state index is 0.0770. The van der Waals surface area contributed by atoms with E-state index in [1.165, 1.54) is 24.1 Å². The molecule has 1 amide bonds. The van der Waals surface area contributed by atoms with Crippen molar-refractivity contribution >= 4 is 17.5 Å². The summed E-state index contributed by atoms with van der Waals surface area (Å²) in [5.41, 5.74) is 1.04. The maximum Gasteiger partial charge on any atom is 0.257 e. The second-order valence-electron chi connectivity index (χ2n) is 4.64. The molecule has 0 aliphatic carbocycles. The Hall–Kier alpha value is -2.20. The number of carbonyl (C=O) groups excluding carboxylic acids is 1. The van der Waals surface area contributed by atoms with Gasteiger partial charge < -0.3 is 14.7 Å². The molecule has 1 N–H and O–H groups in total. The highest BCUT2D eigenvalue weighted by Gasteiger charge is 2.17. The molecule has 110 valence electrons. The third kappa shape index (κ3) is 3.47. The van der Waals surface area contributed by atoms with Crippen LogP contribution < -0.4 is 4.74 Å². The molecular weight excluding hydrogens is 290 g/mol. The number of benzene rings is 2. The number of halogens is 1. The predicted octanol–water partition coefficient (Wildman–Crippen LogP) is 3.33. The summed E-state index contributed by atoms with van der Waals surface area (Å²) in [6.45, 7) is 0.356. The van der Waals surface area contributed by atoms with E-state index in [0.29, 0.717) is 17.3 Å². The Morgan fingerprint density at radius 2 is 2.00 bits per heavy atom. The summed E-state index contributed by atoms with van der Waals surface area (Å²) in [4.78, 5) is 13.9. The van der Waals surface area contributed by atoms with E-state index < -0.39 is 0 Å². The number of methoxy groups -OCH3 is 1. The number of nitrogens with zero attached hydrogens (tertiary/aromatic N) is 1. The molecule has 0 aromatic heterocycles. The summed E-state index contributed by atoms with van der Waals surface area (Å²) in [7, 11) is 3.17. The molecule has 2 rings (SSSR count). The standard InChI is InChI=1S/C16H16ClNO3/c1-18(10-11-5-3-4-6-14(11)17)16(20)13-9-12(21-2)7-8-15(13)19/h3-9,19H,10H2,1-2H3. The zero-order chi connectivity index (χ0) is 15.4. The van der Waals surface area contributed by atoms with Crippen LogP contribution in [-0.2, 0) is 6.54 Å². The normalized spacial score (nSPS) is 10.2. The fourth-order valence-corrected chi connectivity index (χ4v) is 2.17. The van der Waals surface area contributed by atoms with Crippen LogP contribution in [0.4, 0.5) is 0 Å². The van der Waals surface area contributed by atoms with Crippen LogP contribution in [-0.4, -0.2) is 30.1 Å². The third-order valence-electron chi connectivity index (χ3n) is 3.15. The highest BCUT2D eigenvalue weighted by atomic mass is 35.5. The molecule has 5 heteroatoms. The molecule has 0 saturated carbocycles. The molecule has 0 unspecified atom stereocenters. The fraction of sp³-hybridized carbons (Fsp3) is 0.188. The Morgan fingerprint density at radius 1 is 1.29 bits per heavy atom. The van der Waals surface area contributed by atoms with E-state index in [0.717, 1.165) is 5.56 Å². The fourth-order valence-electron chi connectivity index (χ4n) is 1.97. The summed E-state index contributed by atoms with van der Waals surface area (Å²) >= 11 is 6.09. The first-order valence-electron chi connectivity index (χ1n) is 6.39. The first kappa shape index (κ1) is 15.2. The summed E-state index contributed by atoms with van der Waals surface area (Å²) in [6.07, 6.45) is 0. The average Bonchev–Trinajstić information content (AvgIpc) is 2.49. The minimum atomic E-state index is -0.300. The molecule has 2 aromatic rings. The van der Waals surface area contributed by atoms with Crippen LogP contribution in [0, 0.1) is 0 Å². The van der Waals surface area contributed by atoms with E-state index in [1.807, 2.05) is 18.2 Å². The van der Waals surface area contributed by atoms with Crippen molar-refractivity contribution in [3.63, 3.8) is 0 Å². The second kappa shape index (κ2) is 6.50. The SMILES string of the molecule is COc1ccc(O)c(C(=O)N(C)Cc2ccccc2Cl)c1. The number of aromatic hydroxyl groups is 1. The number of hydrogen-bond acceptors (Lipinski definition) is 3. The van der Waals surface area contributed by atoms with Gasteiger partial charge in [0.1, 0.15) is 11.5 Å². The first-order chi connectivity index (χ1) is 10.0. The van der Waals surface area contributed by atoms with E-state index in [-0.39, 0.29) is 17.2 Å². The third-order valence-corrected chi connectivity index (χ3v) is 3.51. The lowest BCUT2D eigenvalue weighted by Gasteiger charge is -2.19. The zero-order valence-corrected chi connectivity index (χ0v) is 12.6. The summed E-state index contributed by atoms with van der Waals surface area (Å²) in [5, 5.41) is 10.4.